The first-order chi connectivity index (χ1) is 10.3. The van der Waals surface area contributed by atoms with Crippen molar-refractivity contribution in [1.29, 1.82) is 0 Å². The van der Waals surface area contributed by atoms with E-state index in [0.29, 0.717) is 19.1 Å². The van der Waals surface area contributed by atoms with Crippen molar-refractivity contribution in [2.45, 2.75) is 38.2 Å². The first-order valence-electron chi connectivity index (χ1n) is 7.70. The van der Waals surface area contributed by atoms with Gasteiger partial charge in [0, 0.05) is 38.1 Å². The Balaban J connectivity index is 1.80. The smallest absolute Gasteiger partial charge is 0.319 e. The van der Waals surface area contributed by atoms with Crippen molar-refractivity contribution < 1.29 is 22.4 Å². The van der Waals surface area contributed by atoms with Crippen LogP contribution in [0.5, 0.6) is 0 Å². The largest absolute Gasteiger partial charge is 0.340 e. The lowest BCUT2D eigenvalue weighted by atomic mass is 9.92. The average Bonchev–Trinajstić information content (AvgIpc) is 2.47. The molecule has 0 saturated carbocycles. The van der Waals surface area contributed by atoms with E-state index in [1.807, 2.05) is 6.92 Å². The quantitative estimate of drug-likeness (QED) is 0.794. The number of hydrogen-bond acceptors (Lipinski definition) is 3. The molecule has 4 nitrogen and oxygen atoms in total. The molecule has 1 N–H and O–H groups in total. The Hall–Kier alpha value is -0.890. The Morgan fingerprint density at radius 2 is 1.91 bits per heavy atom. The lowest BCUT2D eigenvalue weighted by molar-refractivity contribution is -0.150. The molecule has 22 heavy (non-hydrogen) atoms. The molecule has 8 heteroatoms. The van der Waals surface area contributed by atoms with Gasteiger partial charge in [0.05, 0.1) is 6.54 Å². The van der Waals surface area contributed by atoms with Crippen LogP contribution in [0, 0.1) is 5.92 Å². The Kier molecular flexibility index (Phi) is 5.65. The zero-order valence-corrected chi connectivity index (χ0v) is 12.7. The predicted octanol–water partition coefficient (Wildman–Crippen LogP) is 1.42. The zero-order valence-electron chi connectivity index (χ0n) is 12.7. The summed E-state index contributed by atoms with van der Waals surface area (Å²) in [5.41, 5.74) is 0. The molecule has 0 aromatic rings. The number of nitrogens with zero attached hydrogens (tertiary/aromatic N) is 2. The Labute approximate surface area is 127 Å². The molecule has 128 valence electrons. The molecule has 0 unspecified atom stereocenters. The summed E-state index contributed by atoms with van der Waals surface area (Å²) in [4.78, 5) is 15.4. The molecular formula is C14H23F4N3O. The van der Waals surface area contributed by atoms with Crippen LogP contribution in [0.3, 0.4) is 0 Å². The van der Waals surface area contributed by atoms with Gasteiger partial charge in [-0.3, -0.25) is 9.69 Å². The fourth-order valence-corrected chi connectivity index (χ4v) is 3.11. The van der Waals surface area contributed by atoms with Crippen molar-refractivity contribution in [1.82, 2.24) is 15.1 Å². The minimum atomic E-state index is -3.99. The van der Waals surface area contributed by atoms with E-state index in [2.05, 4.69) is 5.32 Å². The van der Waals surface area contributed by atoms with Gasteiger partial charge in [0.1, 0.15) is 0 Å². The van der Waals surface area contributed by atoms with Crippen LogP contribution >= 0.6 is 0 Å². The van der Waals surface area contributed by atoms with Crippen molar-refractivity contribution >= 4 is 5.91 Å². The molecule has 2 saturated heterocycles. The number of rotatable bonds is 4. The van der Waals surface area contributed by atoms with Gasteiger partial charge in [0.15, 0.2) is 0 Å². The molecule has 0 aliphatic carbocycles. The van der Waals surface area contributed by atoms with Crippen LogP contribution in [0.25, 0.3) is 0 Å². The molecule has 0 radical (unpaired) electrons. The minimum absolute atomic E-state index is 0.0229. The van der Waals surface area contributed by atoms with Crippen LogP contribution in [0.1, 0.15) is 19.8 Å². The van der Waals surface area contributed by atoms with Crippen molar-refractivity contribution in [2.24, 2.45) is 5.92 Å². The zero-order chi connectivity index (χ0) is 16.3. The number of hydrogen-bond donors (Lipinski definition) is 1. The van der Waals surface area contributed by atoms with Crippen molar-refractivity contribution in [2.75, 3.05) is 39.3 Å². The maximum atomic E-state index is 13.0. The fraction of sp³-hybridized carbons (Fsp3) is 0.929. The topological polar surface area (TPSA) is 35.6 Å². The number of piperazine rings is 1. The Morgan fingerprint density at radius 3 is 2.45 bits per heavy atom. The molecule has 2 aliphatic rings. The molecule has 2 heterocycles. The molecule has 2 aliphatic heterocycles. The lowest BCUT2D eigenvalue weighted by Gasteiger charge is -2.38. The maximum absolute atomic E-state index is 13.0. The van der Waals surface area contributed by atoms with Gasteiger partial charge in [-0.25, -0.2) is 8.78 Å². The van der Waals surface area contributed by atoms with E-state index in [-0.39, 0.29) is 24.9 Å². The highest BCUT2D eigenvalue weighted by atomic mass is 19.3. The van der Waals surface area contributed by atoms with Gasteiger partial charge >= 0.3 is 12.3 Å². The van der Waals surface area contributed by atoms with Gasteiger partial charge in [-0.05, 0) is 26.3 Å². The number of piperidine rings is 1. The van der Waals surface area contributed by atoms with E-state index >= 15 is 0 Å². The standard InChI is InChI=1S/C14H23F4N3O/c1-10-8-11(2-3-19-10)12(22)21-6-4-20(5-7-21)9-14(17,18)13(15)16/h10-11,13,19H,2-9H2,1H3/t10-,11-/m0/s1. The van der Waals surface area contributed by atoms with Gasteiger partial charge < -0.3 is 10.2 Å². The second-order valence-electron chi connectivity index (χ2n) is 6.24. The lowest BCUT2D eigenvalue weighted by Crippen LogP contribution is -2.54. The van der Waals surface area contributed by atoms with Crippen molar-refractivity contribution in [3.63, 3.8) is 0 Å². The second kappa shape index (κ2) is 7.12. The van der Waals surface area contributed by atoms with E-state index in [1.165, 1.54) is 4.90 Å². The van der Waals surface area contributed by atoms with Crippen molar-refractivity contribution in [3.05, 3.63) is 0 Å². The van der Waals surface area contributed by atoms with Crippen LogP contribution in [-0.4, -0.2) is 73.4 Å². The first kappa shape index (κ1) is 17.5. The third-order valence-corrected chi connectivity index (χ3v) is 4.41. The predicted molar refractivity (Wildman–Crippen MR) is 74.2 cm³/mol. The third kappa shape index (κ3) is 4.32. The van der Waals surface area contributed by atoms with Gasteiger partial charge in [0.2, 0.25) is 5.91 Å². The van der Waals surface area contributed by atoms with Gasteiger partial charge in [-0.1, -0.05) is 0 Å². The molecule has 2 rings (SSSR count). The maximum Gasteiger partial charge on any atom is 0.319 e. The normalized spacial score (nSPS) is 28.2. The van der Waals surface area contributed by atoms with E-state index in [4.69, 9.17) is 0 Å². The fourth-order valence-electron chi connectivity index (χ4n) is 3.11. The monoisotopic (exact) mass is 325 g/mol. The van der Waals surface area contributed by atoms with Crippen LogP contribution in [0.4, 0.5) is 17.6 Å². The number of alkyl halides is 4. The van der Waals surface area contributed by atoms with E-state index < -0.39 is 18.9 Å². The van der Waals surface area contributed by atoms with E-state index in [1.54, 1.807) is 4.90 Å². The van der Waals surface area contributed by atoms with Crippen LogP contribution in [-0.2, 0) is 4.79 Å². The Bertz CT molecular complexity index is 386. The SMILES string of the molecule is C[C@H]1C[C@@H](C(=O)N2CCN(CC(F)(F)C(F)F)CC2)CCN1. The highest BCUT2D eigenvalue weighted by Gasteiger charge is 2.43. The van der Waals surface area contributed by atoms with Gasteiger partial charge in [-0.2, -0.15) is 8.78 Å². The van der Waals surface area contributed by atoms with Crippen LogP contribution in [0.2, 0.25) is 0 Å². The summed E-state index contributed by atoms with van der Waals surface area (Å²) in [5.74, 6) is -3.95. The molecular weight excluding hydrogens is 302 g/mol. The molecule has 2 atom stereocenters. The molecule has 2 fully saturated rings. The number of nitrogens with one attached hydrogen (secondary N) is 1. The van der Waals surface area contributed by atoms with Gasteiger partial charge in [0.25, 0.3) is 0 Å². The summed E-state index contributed by atoms with van der Waals surface area (Å²) >= 11 is 0. The number of halogens is 4. The summed E-state index contributed by atoms with van der Waals surface area (Å²) in [6.45, 7) is 2.98. The van der Waals surface area contributed by atoms with E-state index in [9.17, 15) is 22.4 Å². The van der Waals surface area contributed by atoms with Gasteiger partial charge in [-0.15, -0.1) is 0 Å². The summed E-state index contributed by atoms with van der Waals surface area (Å²) in [5, 5.41) is 3.28. The number of amides is 1. The highest BCUT2D eigenvalue weighted by molar-refractivity contribution is 5.79. The van der Waals surface area contributed by atoms with Crippen LogP contribution < -0.4 is 5.32 Å². The first-order valence-corrected chi connectivity index (χ1v) is 7.70. The number of carbonyl (C=O) groups excluding carboxylic acids is 1. The number of carbonyl (C=O) groups is 1. The Morgan fingerprint density at radius 1 is 1.27 bits per heavy atom. The second-order valence-corrected chi connectivity index (χ2v) is 6.24. The van der Waals surface area contributed by atoms with E-state index in [0.717, 1.165) is 19.4 Å². The molecule has 0 spiro atoms. The van der Waals surface area contributed by atoms with Crippen molar-refractivity contribution in [3.8, 4) is 0 Å². The summed E-state index contributed by atoms with van der Waals surface area (Å²) in [7, 11) is 0. The summed E-state index contributed by atoms with van der Waals surface area (Å²) in [6.07, 6.45) is -2.08. The highest BCUT2D eigenvalue weighted by Crippen LogP contribution is 2.25. The molecule has 0 bridgehead atoms. The average molecular weight is 325 g/mol. The summed E-state index contributed by atoms with van der Waals surface area (Å²) in [6, 6.07) is 0.300. The minimum Gasteiger partial charge on any atom is -0.340 e. The molecule has 0 aromatic heterocycles. The molecule has 1 amide bonds. The molecule has 0 aromatic carbocycles. The summed E-state index contributed by atoms with van der Waals surface area (Å²) < 4.78 is 50.5. The van der Waals surface area contributed by atoms with Crippen LogP contribution in [0.15, 0.2) is 0 Å². The third-order valence-electron chi connectivity index (χ3n) is 4.41.